The normalized spacial score (nSPS) is 11.7. The number of aryl methyl sites for hydroxylation is 2. The number of furan rings is 1. The maximum atomic E-state index is 12.7. The average Bonchev–Trinajstić information content (AvgIpc) is 3.21. The SMILES string of the molecule is CCCCCc1c(C)c2cc3c(-c4ccc5ccccc5c4)coc3c(C)c2oc1=O. The van der Waals surface area contributed by atoms with Crippen LogP contribution in [-0.4, -0.2) is 0 Å². The summed E-state index contributed by atoms with van der Waals surface area (Å²) in [6, 6.07) is 17.0. The Labute approximate surface area is 181 Å². The van der Waals surface area contributed by atoms with E-state index in [4.69, 9.17) is 8.83 Å². The Bertz CT molecular complexity index is 1480. The summed E-state index contributed by atoms with van der Waals surface area (Å²) in [6.07, 6.45) is 5.82. The van der Waals surface area contributed by atoms with Gasteiger partial charge in [-0.15, -0.1) is 0 Å². The van der Waals surface area contributed by atoms with Crippen LogP contribution in [0.2, 0.25) is 0 Å². The van der Waals surface area contributed by atoms with E-state index >= 15 is 0 Å². The Morgan fingerprint density at radius 2 is 1.65 bits per heavy atom. The van der Waals surface area contributed by atoms with Gasteiger partial charge in [0, 0.05) is 27.5 Å². The Balaban J connectivity index is 1.72. The molecule has 2 heterocycles. The molecule has 0 unspecified atom stereocenters. The molecule has 2 aromatic heterocycles. The van der Waals surface area contributed by atoms with Crippen molar-refractivity contribution in [2.45, 2.75) is 46.5 Å². The molecular formula is C28H26O3. The highest BCUT2D eigenvalue weighted by molar-refractivity contribution is 6.05. The molecule has 5 rings (SSSR count). The molecule has 0 aliphatic heterocycles. The molecule has 0 aliphatic rings. The average molecular weight is 411 g/mol. The Hall–Kier alpha value is -3.33. The second-order valence-electron chi connectivity index (χ2n) is 8.42. The largest absolute Gasteiger partial charge is 0.463 e. The highest BCUT2D eigenvalue weighted by Crippen LogP contribution is 2.38. The number of rotatable bonds is 5. The third kappa shape index (κ3) is 3.25. The molecule has 0 saturated heterocycles. The number of benzene rings is 3. The van der Waals surface area contributed by atoms with Crippen molar-refractivity contribution in [1.82, 2.24) is 0 Å². The van der Waals surface area contributed by atoms with Gasteiger partial charge in [0.05, 0.1) is 6.26 Å². The summed E-state index contributed by atoms with van der Waals surface area (Å²) in [5.41, 5.74) is 6.07. The van der Waals surface area contributed by atoms with Gasteiger partial charge in [0.1, 0.15) is 11.2 Å². The summed E-state index contributed by atoms with van der Waals surface area (Å²) in [5, 5.41) is 4.47. The van der Waals surface area contributed by atoms with Crippen LogP contribution in [-0.2, 0) is 6.42 Å². The quantitative estimate of drug-likeness (QED) is 0.220. The zero-order chi connectivity index (χ0) is 21.5. The van der Waals surface area contributed by atoms with E-state index in [0.717, 1.165) is 69.9 Å². The monoisotopic (exact) mass is 410 g/mol. The molecule has 0 amide bonds. The summed E-state index contributed by atoms with van der Waals surface area (Å²) < 4.78 is 11.8. The van der Waals surface area contributed by atoms with Gasteiger partial charge in [-0.1, -0.05) is 56.2 Å². The van der Waals surface area contributed by atoms with Crippen molar-refractivity contribution in [3.8, 4) is 11.1 Å². The van der Waals surface area contributed by atoms with Crippen LogP contribution in [0.4, 0.5) is 0 Å². The molecule has 0 spiro atoms. The maximum absolute atomic E-state index is 12.7. The van der Waals surface area contributed by atoms with Crippen LogP contribution in [0.5, 0.6) is 0 Å². The van der Waals surface area contributed by atoms with Crippen LogP contribution in [0.3, 0.4) is 0 Å². The van der Waals surface area contributed by atoms with Crippen molar-refractivity contribution in [3.63, 3.8) is 0 Å². The first-order valence-corrected chi connectivity index (χ1v) is 11.0. The zero-order valence-electron chi connectivity index (χ0n) is 18.2. The first-order chi connectivity index (χ1) is 15.1. The first-order valence-electron chi connectivity index (χ1n) is 11.0. The Kier molecular flexibility index (Phi) is 4.90. The lowest BCUT2D eigenvalue weighted by atomic mass is 9.95. The summed E-state index contributed by atoms with van der Waals surface area (Å²) in [6.45, 7) is 6.18. The van der Waals surface area contributed by atoms with Gasteiger partial charge < -0.3 is 8.83 Å². The fourth-order valence-electron chi connectivity index (χ4n) is 4.62. The second-order valence-corrected chi connectivity index (χ2v) is 8.42. The van der Waals surface area contributed by atoms with E-state index in [-0.39, 0.29) is 5.63 Å². The molecule has 5 aromatic rings. The molecule has 0 radical (unpaired) electrons. The number of fused-ring (bicyclic) bond motifs is 3. The molecule has 0 N–H and O–H groups in total. The topological polar surface area (TPSA) is 43.4 Å². The van der Waals surface area contributed by atoms with Crippen LogP contribution < -0.4 is 5.63 Å². The zero-order valence-corrected chi connectivity index (χ0v) is 18.2. The van der Waals surface area contributed by atoms with Gasteiger partial charge in [0.15, 0.2) is 0 Å². The lowest BCUT2D eigenvalue weighted by Crippen LogP contribution is -2.10. The molecular weight excluding hydrogens is 384 g/mol. The van der Waals surface area contributed by atoms with Gasteiger partial charge in [0.2, 0.25) is 0 Å². The summed E-state index contributed by atoms with van der Waals surface area (Å²) in [5.74, 6) is 0. The number of hydrogen-bond donors (Lipinski definition) is 0. The minimum atomic E-state index is -0.218. The fourth-order valence-corrected chi connectivity index (χ4v) is 4.62. The molecule has 0 aliphatic carbocycles. The van der Waals surface area contributed by atoms with Crippen LogP contribution >= 0.6 is 0 Å². The van der Waals surface area contributed by atoms with Crippen LogP contribution in [0.1, 0.15) is 42.9 Å². The van der Waals surface area contributed by atoms with E-state index in [9.17, 15) is 4.79 Å². The van der Waals surface area contributed by atoms with E-state index in [2.05, 4.69) is 55.5 Å². The maximum Gasteiger partial charge on any atom is 0.339 e. The molecule has 0 bridgehead atoms. The molecule has 156 valence electrons. The third-order valence-electron chi connectivity index (χ3n) is 6.43. The van der Waals surface area contributed by atoms with Crippen LogP contribution in [0.25, 0.3) is 43.8 Å². The van der Waals surface area contributed by atoms with E-state index in [1.165, 1.54) is 10.8 Å². The van der Waals surface area contributed by atoms with Gasteiger partial charge >= 0.3 is 5.63 Å². The van der Waals surface area contributed by atoms with Gasteiger partial charge in [-0.3, -0.25) is 0 Å². The standard InChI is InChI=1S/C28H26O3/c1-4-5-6-11-22-17(2)23-15-24-25(16-30-26(24)18(3)27(23)31-28(22)29)21-13-12-19-9-7-8-10-20(19)14-21/h7-10,12-16H,4-6,11H2,1-3H3. The van der Waals surface area contributed by atoms with Crippen molar-refractivity contribution >= 4 is 32.7 Å². The van der Waals surface area contributed by atoms with Crippen molar-refractivity contribution in [2.75, 3.05) is 0 Å². The number of hydrogen-bond acceptors (Lipinski definition) is 3. The van der Waals surface area contributed by atoms with E-state index in [0.29, 0.717) is 5.58 Å². The first kappa shape index (κ1) is 19.6. The van der Waals surface area contributed by atoms with Gasteiger partial charge in [-0.05, 0) is 60.7 Å². The summed E-state index contributed by atoms with van der Waals surface area (Å²) in [7, 11) is 0. The van der Waals surface area contributed by atoms with Gasteiger partial charge in [0.25, 0.3) is 0 Å². The smallest absolute Gasteiger partial charge is 0.339 e. The predicted molar refractivity (Wildman–Crippen MR) is 128 cm³/mol. The fraction of sp³-hybridized carbons (Fsp3) is 0.250. The minimum Gasteiger partial charge on any atom is -0.463 e. The second kappa shape index (κ2) is 7.73. The van der Waals surface area contributed by atoms with Gasteiger partial charge in [-0.25, -0.2) is 4.79 Å². The highest BCUT2D eigenvalue weighted by Gasteiger charge is 2.19. The highest BCUT2D eigenvalue weighted by atomic mass is 16.4. The molecule has 0 atom stereocenters. The van der Waals surface area contributed by atoms with Crippen LogP contribution in [0, 0.1) is 13.8 Å². The molecule has 0 fully saturated rings. The van der Waals surface area contributed by atoms with Crippen molar-refractivity contribution in [1.29, 1.82) is 0 Å². The lowest BCUT2D eigenvalue weighted by Gasteiger charge is -2.10. The van der Waals surface area contributed by atoms with E-state index < -0.39 is 0 Å². The Morgan fingerprint density at radius 1 is 0.839 bits per heavy atom. The molecule has 31 heavy (non-hydrogen) atoms. The number of unbranched alkanes of at least 4 members (excludes halogenated alkanes) is 2. The molecule has 0 saturated carbocycles. The van der Waals surface area contributed by atoms with E-state index in [1.807, 2.05) is 20.1 Å². The molecule has 3 heteroatoms. The predicted octanol–water partition coefficient (Wildman–Crippen LogP) is 7.71. The molecule has 3 aromatic carbocycles. The lowest BCUT2D eigenvalue weighted by molar-refractivity contribution is 0.540. The summed E-state index contributed by atoms with van der Waals surface area (Å²) >= 11 is 0. The summed E-state index contributed by atoms with van der Waals surface area (Å²) in [4.78, 5) is 12.7. The minimum absolute atomic E-state index is 0.218. The van der Waals surface area contributed by atoms with E-state index in [1.54, 1.807) is 0 Å². The van der Waals surface area contributed by atoms with Gasteiger partial charge in [-0.2, -0.15) is 0 Å². The van der Waals surface area contributed by atoms with Crippen molar-refractivity contribution in [2.24, 2.45) is 0 Å². The Morgan fingerprint density at radius 3 is 2.45 bits per heavy atom. The van der Waals surface area contributed by atoms with Crippen molar-refractivity contribution < 1.29 is 8.83 Å². The third-order valence-corrected chi connectivity index (χ3v) is 6.43. The van der Waals surface area contributed by atoms with Crippen molar-refractivity contribution in [3.05, 3.63) is 81.9 Å². The molecule has 3 nitrogen and oxygen atoms in total. The van der Waals surface area contributed by atoms with Crippen LogP contribution in [0.15, 0.2) is 68.4 Å².